The van der Waals surface area contributed by atoms with Gasteiger partial charge in [-0.2, -0.15) is 0 Å². The van der Waals surface area contributed by atoms with Crippen molar-refractivity contribution in [3.63, 3.8) is 0 Å². The molecular formula is C23H22N6O2S. The van der Waals surface area contributed by atoms with Crippen LogP contribution in [0.5, 0.6) is 5.88 Å². The molecular weight excluding hydrogens is 424 g/mol. The van der Waals surface area contributed by atoms with E-state index in [1.807, 2.05) is 56.6 Å². The minimum atomic E-state index is -0.311. The van der Waals surface area contributed by atoms with Crippen molar-refractivity contribution in [2.24, 2.45) is 0 Å². The molecule has 0 aliphatic heterocycles. The topological polar surface area (TPSA) is 93.1 Å². The third-order valence-corrected chi connectivity index (χ3v) is 5.42. The number of benzene rings is 1. The number of aromatic nitrogens is 4. The molecule has 8 nitrogen and oxygen atoms in total. The second-order valence-electron chi connectivity index (χ2n) is 7.27. The van der Waals surface area contributed by atoms with E-state index in [-0.39, 0.29) is 12.0 Å². The molecule has 0 fully saturated rings. The van der Waals surface area contributed by atoms with Gasteiger partial charge in [-0.1, -0.05) is 41.7 Å². The number of anilines is 1. The Labute approximate surface area is 189 Å². The highest BCUT2D eigenvalue weighted by Gasteiger charge is 2.16. The zero-order chi connectivity index (χ0) is 22.3. The molecule has 0 aliphatic rings. The summed E-state index contributed by atoms with van der Waals surface area (Å²) < 4.78 is 6.11. The number of pyridine rings is 2. The smallest absolute Gasteiger partial charge is 0.259 e. The van der Waals surface area contributed by atoms with Crippen molar-refractivity contribution < 1.29 is 9.53 Å². The number of carbonyl (C=O) groups excluding carboxylic acids is 1. The average Bonchev–Trinajstić information content (AvgIpc) is 3.28. The number of amides is 1. The summed E-state index contributed by atoms with van der Waals surface area (Å²) in [6.45, 7) is 0.699. The lowest BCUT2D eigenvalue weighted by atomic mass is 10.1. The Morgan fingerprint density at radius 1 is 1.06 bits per heavy atom. The fourth-order valence-corrected chi connectivity index (χ4v) is 3.74. The second-order valence-corrected chi connectivity index (χ2v) is 8.24. The van der Waals surface area contributed by atoms with Crippen molar-refractivity contribution in [2.45, 2.75) is 6.10 Å². The molecule has 1 N–H and O–H groups in total. The molecule has 162 valence electrons. The molecule has 9 heteroatoms. The fourth-order valence-electron chi connectivity index (χ4n) is 2.99. The molecule has 0 saturated heterocycles. The monoisotopic (exact) mass is 446 g/mol. The van der Waals surface area contributed by atoms with Crippen molar-refractivity contribution in [1.82, 2.24) is 25.1 Å². The van der Waals surface area contributed by atoms with Gasteiger partial charge in [0, 0.05) is 36.8 Å². The van der Waals surface area contributed by atoms with E-state index in [0.717, 1.165) is 11.1 Å². The van der Waals surface area contributed by atoms with E-state index in [4.69, 9.17) is 4.74 Å². The van der Waals surface area contributed by atoms with Gasteiger partial charge in [-0.25, -0.2) is 4.98 Å². The first-order valence-corrected chi connectivity index (χ1v) is 10.8. The Morgan fingerprint density at radius 3 is 2.53 bits per heavy atom. The number of hydrogen-bond donors (Lipinski definition) is 1. The summed E-state index contributed by atoms with van der Waals surface area (Å²) in [5, 5.41) is 12.0. The lowest BCUT2D eigenvalue weighted by molar-refractivity contribution is 0.102. The highest BCUT2D eigenvalue weighted by molar-refractivity contribution is 7.18. The summed E-state index contributed by atoms with van der Waals surface area (Å²) in [4.78, 5) is 23.0. The molecule has 0 aliphatic carbocycles. The predicted octanol–water partition coefficient (Wildman–Crippen LogP) is 3.93. The molecule has 0 radical (unpaired) electrons. The van der Waals surface area contributed by atoms with Gasteiger partial charge < -0.3 is 9.64 Å². The maximum atomic E-state index is 12.6. The molecule has 0 saturated carbocycles. The van der Waals surface area contributed by atoms with E-state index < -0.39 is 0 Å². The van der Waals surface area contributed by atoms with Gasteiger partial charge in [0.2, 0.25) is 11.0 Å². The van der Waals surface area contributed by atoms with E-state index in [1.54, 1.807) is 24.5 Å². The Balaban J connectivity index is 1.41. The minimum Gasteiger partial charge on any atom is -0.468 e. The van der Waals surface area contributed by atoms with Crippen LogP contribution in [0.1, 0.15) is 22.0 Å². The molecule has 3 heterocycles. The summed E-state index contributed by atoms with van der Waals surface area (Å²) in [5.74, 6) is 0.141. The molecule has 1 amide bonds. The number of hydrogen-bond acceptors (Lipinski definition) is 8. The standard InChI is InChI=1S/C23H22N6O2S/c1-29(2)15-19(16-6-4-3-5-7-16)31-20-9-8-18(14-25-20)21(30)26-23-28-27-22(32-23)17-10-12-24-13-11-17/h3-14,19H,15H2,1-2H3,(H,26,28,30)/t19-/m0/s1. The van der Waals surface area contributed by atoms with Gasteiger partial charge in [0.1, 0.15) is 11.1 Å². The zero-order valence-electron chi connectivity index (χ0n) is 17.7. The number of likely N-dealkylation sites (N-methyl/N-ethyl adjacent to an activating group) is 1. The van der Waals surface area contributed by atoms with Crippen LogP contribution in [0.15, 0.2) is 73.2 Å². The highest BCUT2D eigenvalue weighted by Crippen LogP contribution is 2.26. The van der Waals surface area contributed by atoms with Gasteiger partial charge in [0.05, 0.1) is 5.56 Å². The Kier molecular flexibility index (Phi) is 6.78. The summed E-state index contributed by atoms with van der Waals surface area (Å²) >= 11 is 1.29. The van der Waals surface area contributed by atoms with Crippen LogP contribution in [0.2, 0.25) is 0 Å². The van der Waals surface area contributed by atoms with Crippen molar-refractivity contribution >= 4 is 22.4 Å². The van der Waals surface area contributed by atoms with Crippen LogP contribution < -0.4 is 10.1 Å². The van der Waals surface area contributed by atoms with Crippen molar-refractivity contribution in [3.8, 4) is 16.5 Å². The SMILES string of the molecule is CN(C)C[C@H](Oc1ccc(C(=O)Nc2nnc(-c3ccncc3)s2)cn1)c1ccccc1. The second kappa shape index (κ2) is 10.1. The normalized spacial score (nSPS) is 11.8. The summed E-state index contributed by atoms with van der Waals surface area (Å²) in [7, 11) is 3.99. The van der Waals surface area contributed by atoms with Gasteiger partial charge >= 0.3 is 0 Å². The van der Waals surface area contributed by atoms with Crippen LogP contribution in [-0.4, -0.2) is 51.6 Å². The number of ether oxygens (including phenoxy) is 1. The van der Waals surface area contributed by atoms with Crippen molar-refractivity contribution in [2.75, 3.05) is 26.0 Å². The van der Waals surface area contributed by atoms with Crippen LogP contribution in [-0.2, 0) is 0 Å². The molecule has 0 spiro atoms. The lowest BCUT2D eigenvalue weighted by Crippen LogP contribution is -2.24. The molecule has 0 unspecified atom stereocenters. The minimum absolute atomic E-state index is 0.175. The first-order valence-electron chi connectivity index (χ1n) is 9.96. The Hall–Kier alpha value is -3.69. The van der Waals surface area contributed by atoms with E-state index in [0.29, 0.717) is 28.1 Å². The lowest BCUT2D eigenvalue weighted by Gasteiger charge is -2.22. The van der Waals surface area contributed by atoms with Crippen LogP contribution in [0.4, 0.5) is 5.13 Å². The van der Waals surface area contributed by atoms with Crippen LogP contribution >= 0.6 is 11.3 Å². The summed E-state index contributed by atoms with van der Waals surface area (Å²) in [6.07, 6.45) is 4.69. The quantitative estimate of drug-likeness (QED) is 0.438. The fraction of sp³-hybridized carbons (Fsp3) is 0.174. The van der Waals surface area contributed by atoms with E-state index in [9.17, 15) is 4.79 Å². The van der Waals surface area contributed by atoms with Crippen LogP contribution in [0.25, 0.3) is 10.6 Å². The first kappa shape index (κ1) is 21.5. The van der Waals surface area contributed by atoms with E-state index in [2.05, 4.69) is 30.4 Å². The molecule has 4 rings (SSSR count). The van der Waals surface area contributed by atoms with Gasteiger partial charge in [0.15, 0.2) is 0 Å². The Morgan fingerprint density at radius 2 is 1.84 bits per heavy atom. The van der Waals surface area contributed by atoms with Gasteiger partial charge in [-0.05, 0) is 37.9 Å². The van der Waals surface area contributed by atoms with E-state index >= 15 is 0 Å². The van der Waals surface area contributed by atoms with Gasteiger partial charge in [0.25, 0.3) is 5.91 Å². The molecule has 0 bridgehead atoms. The average molecular weight is 447 g/mol. The number of carbonyl (C=O) groups is 1. The Bertz CT molecular complexity index is 1150. The van der Waals surface area contributed by atoms with Crippen molar-refractivity contribution in [3.05, 3.63) is 84.3 Å². The zero-order valence-corrected chi connectivity index (χ0v) is 18.5. The molecule has 1 aromatic carbocycles. The van der Waals surface area contributed by atoms with Gasteiger partial charge in [-0.15, -0.1) is 10.2 Å². The third-order valence-electron chi connectivity index (χ3n) is 4.54. The molecule has 32 heavy (non-hydrogen) atoms. The maximum Gasteiger partial charge on any atom is 0.259 e. The van der Waals surface area contributed by atoms with E-state index in [1.165, 1.54) is 17.5 Å². The summed E-state index contributed by atoms with van der Waals surface area (Å²) in [6, 6.07) is 17.0. The number of nitrogens with zero attached hydrogens (tertiary/aromatic N) is 5. The number of rotatable bonds is 8. The molecule has 4 aromatic rings. The van der Waals surface area contributed by atoms with Crippen LogP contribution in [0, 0.1) is 0 Å². The number of nitrogens with one attached hydrogen (secondary N) is 1. The van der Waals surface area contributed by atoms with Crippen LogP contribution in [0.3, 0.4) is 0 Å². The summed E-state index contributed by atoms with van der Waals surface area (Å²) in [5.41, 5.74) is 2.36. The third kappa shape index (κ3) is 5.51. The first-order chi connectivity index (χ1) is 15.6. The molecule has 3 aromatic heterocycles. The predicted molar refractivity (Wildman–Crippen MR) is 124 cm³/mol. The largest absolute Gasteiger partial charge is 0.468 e. The highest BCUT2D eigenvalue weighted by atomic mass is 32.1. The molecule has 1 atom stereocenters. The van der Waals surface area contributed by atoms with Crippen molar-refractivity contribution in [1.29, 1.82) is 0 Å². The maximum absolute atomic E-state index is 12.6. The van der Waals surface area contributed by atoms with Gasteiger partial charge in [-0.3, -0.25) is 15.1 Å².